The van der Waals surface area contributed by atoms with E-state index in [0.717, 1.165) is 36.4 Å². The molecule has 2 N–H and O–H groups in total. The Hall–Kier alpha value is -3.50. The average Bonchev–Trinajstić information content (AvgIpc) is 2.81. The molecule has 0 unspecified atom stereocenters. The van der Waals surface area contributed by atoms with E-state index in [9.17, 15) is 0 Å². The molecular formula is C23H25N7. The van der Waals surface area contributed by atoms with Crippen molar-refractivity contribution >= 4 is 17.3 Å². The van der Waals surface area contributed by atoms with E-state index in [-0.39, 0.29) is 0 Å². The normalized spacial score (nSPS) is 14.1. The van der Waals surface area contributed by atoms with E-state index in [2.05, 4.69) is 55.7 Å². The Bertz CT molecular complexity index is 1000. The first kappa shape index (κ1) is 19.8. The predicted molar refractivity (Wildman–Crippen MR) is 119 cm³/mol. The Morgan fingerprint density at radius 3 is 2.53 bits per heavy atom. The maximum Gasteiger partial charge on any atom is 0.227 e. The summed E-state index contributed by atoms with van der Waals surface area (Å²) in [6, 6.07) is 13.8. The van der Waals surface area contributed by atoms with Gasteiger partial charge >= 0.3 is 0 Å². The van der Waals surface area contributed by atoms with Gasteiger partial charge in [-0.3, -0.25) is 0 Å². The van der Waals surface area contributed by atoms with Crippen LogP contribution in [0.25, 0.3) is 11.1 Å². The molecule has 0 atom stereocenters. The molecule has 0 saturated carbocycles. The summed E-state index contributed by atoms with van der Waals surface area (Å²) in [5.74, 6) is 1.21. The topological polar surface area (TPSA) is 89.8 Å². The van der Waals surface area contributed by atoms with Crippen LogP contribution in [0.5, 0.6) is 0 Å². The van der Waals surface area contributed by atoms with Crippen molar-refractivity contribution in [3.63, 3.8) is 0 Å². The molecular weight excluding hydrogens is 374 g/mol. The molecule has 3 heterocycles. The lowest BCUT2D eigenvalue weighted by Gasteiger charge is -2.30. The molecule has 1 saturated heterocycles. The first-order chi connectivity index (χ1) is 14.7. The monoisotopic (exact) mass is 399 g/mol. The maximum atomic E-state index is 8.85. The number of rotatable bonds is 6. The van der Waals surface area contributed by atoms with Crippen molar-refractivity contribution in [2.45, 2.75) is 12.8 Å². The van der Waals surface area contributed by atoms with Crippen LogP contribution in [0.2, 0.25) is 0 Å². The summed E-state index contributed by atoms with van der Waals surface area (Å²) in [6.07, 6.45) is 7.72. The van der Waals surface area contributed by atoms with E-state index in [0.29, 0.717) is 17.6 Å². The van der Waals surface area contributed by atoms with E-state index in [1.54, 1.807) is 18.3 Å². The third-order valence-electron chi connectivity index (χ3n) is 5.40. The van der Waals surface area contributed by atoms with Crippen molar-refractivity contribution in [1.29, 1.82) is 5.26 Å². The molecule has 30 heavy (non-hydrogen) atoms. The average molecular weight is 400 g/mol. The van der Waals surface area contributed by atoms with E-state index in [1.165, 1.54) is 18.5 Å². The number of anilines is 3. The Morgan fingerprint density at radius 2 is 1.83 bits per heavy atom. The number of aromatic nitrogens is 3. The van der Waals surface area contributed by atoms with Crippen molar-refractivity contribution in [2.75, 3.05) is 36.9 Å². The first-order valence-corrected chi connectivity index (χ1v) is 10.2. The molecule has 7 heteroatoms. The highest BCUT2D eigenvalue weighted by Crippen LogP contribution is 2.31. The van der Waals surface area contributed by atoms with Crippen molar-refractivity contribution in [3.05, 3.63) is 60.7 Å². The van der Waals surface area contributed by atoms with Crippen LogP contribution in [0.15, 0.2) is 55.0 Å². The number of hydrogen-bond acceptors (Lipinski definition) is 7. The van der Waals surface area contributed by atoms with Gasteiger partial charge < -0.3 is 15.5 Å². The predicted octanol–water partition coefficient (Wildman–Crippen LogP) is 3.59. The summed E-state index contributed by atoms with van der Waals surface area (Å²) in [6.45, 7) is 3.26. The SMILES string of the molecule is CN(CC1CCNCC1)c1ccccc1-c1cnc(Nc2ccc(C#N)nc2)nc1. The first-order valence-electron chi connectivity index (χ1n) is 10.2. The van der Waals surface area contributed by atoms with E-state index in [4.69, 9.17) is 5.26 Å². The summed E-state index contributed by atoms with van der Waals surface area (Å²) >= 11 is 0. The molecule has 152 valence electrons. The third-order valence-corrected chi connectivity index (χ3v) is 5.40. The molecule has 1 aliphatic heterocycles. The smallest absolute Gasteiger partial charge is 0.227 e. The lowest BCUT2D eigenvalue weighted by molar-refractivity contribution is 0.378. The molecule has 1 aromatic carbocycles. The van der Waals surface area contributed by atoms with Gasteiger partial charge in [0.15, 0.2) is 0 Å². The van der Waals surface area contributed by atoms with Crippen molar-refractivity contribution in [3.8, 4) is 17.2 Å². The highest BCUT2D eigenvalue weighted by molar-refractivity contribution is 5.78. The molecule has 0 aliphatic carbocycles. The fourth-order valence-electron chi connectivity index (χ4n) is 3.80. The highest BCUT2D eigenvalue weighted by Gasteiger charge is 2.17. The Kier molecular flexibility index (Phi) is 6.16. The minimum atomic E-state index is 0.377. The van der Waals surface area contributed by atoms with Crippen LogP contribution in [0.3, 0.4) is 0 Å². The minimum Gasteiger partial charge on any atom is -0.374 e. The molecule has 0 amide bonds. The molecule has 4 rings (SSSR count). The molecule has 0 bridgehead atoms. The van der Waals surface area contributed by atoms with Crippen LogP contribution in [0.1, 0.15) is 18.5 Å². The summed E-state index contributed by atoms with van der Waals surface area (Å²) in [7, 11) is 2.16. The fourth-order valence-corrected chi connectivity index (χ4v) is 3.80. The van der Waals surface area contributed by atoms with Gasteiger partial charge in [0.2, 0.25) is 5.95 Å². The van der Waals surface area contributed by atoms with Crippen LogP contribution >= 0.6 is 0 Å². The zero-order valence-electron chi connectivity index (χ0n) is 17.0. The number of nitrogens with zero attached hydrogens (tertiary/aromatic N) is 5. The number of benzene rings is 1. The third kappa shape index (κ3) is 4.73. The zero-order chi connectivity index (χ0) is 20.8. The molecule has 7 nitrogen and oxygen atoms in total. The minimum absolute atomic E-state index is 0.377. The maximum absolute atomic E-state index is 8.85. The van der Waals surface area contributed by atoms with Gasteiger partial charge in [0.05, 0.1) is 11.9 Å². The number of pyridine rings is 1. The second-order valence-electron chi connectivity index (χ2n) is 7.56. The van der Waals surface area contributed by atoms with Gasteiger partial charge in [0, 0.05) is 42.8 Å². The Balaban J connectivity index is 1.49. The Labute approximate surface area is 176 Å². The quantitative estimate of drug-likeness (QED) is 0.655. The van der Waals surface area contributed by atoms with Gasteiger partial charge in [-0.25, -0.2) is 15.0 Å². The summed E-state index contributed by atoms with van der Waals surface area (Å²) in [5.41, 5.74) is 4.41. The largest absolute Gasteiger partial charge is 0.374 e. The standard InChI is InChI=1S/C23H25N7/c1-30(16-17-8-10-25-11-9-17)22-5-3-2-4-21(22)18-13-27-23(28-14-18)29-20-7-6-19(12-24)26-15-20/h2-7,13-15,17,25H,8-11,16H2,1H3,(H,27,28,29). The van der Waals surface area contributed by atoms with Crippen molar-refractivity contribution in [2.24, 2.45) is 5.92 Å². The van der Waals surface area contributed by atoms with Gasteiger partial charge in [-0.05, 0) is 50.0 Å². The van der Waals surface area contributed by atoms with Gasteiger partial charge in [-0.1, -0.05) is 18.2 Å². The van der Waals surface area contributed by atoms with Gasteiger partial charge in [0.25, 0.3) is 0 Å². The number of para-hydroxylation sites is 1. The van der Waals surface area contributed by atoms with Crippen molar-refractivity contribution in [1.82, 2.24) is 20.3 Å². The lowest BCUT2D eigenvalue weighted by Crippen LogP contribution is -2.34. The summed E-state index contributed by atoms with van der Waals surface area (Å²) < 4.78 is 0. The van der Waals surface area contributed by atoms with Gasteiger partial charge in [-0.2, -0.15) is 5.26 Å². The molecule has 0 radical (unpaired) electrons. The number of nitrogens with one attached hydrogen (secondary N) is 2. The van der Waals surface area contributed by atoms with Crippen LogP contribution < -0.4 is 15.5 Å². The zero-order valence-corrected chi connectivity index (χ0v) is 17.0. The van der Waals surface area contributed by atoms with Crippen LogP contribution in [0, 0.1) is 17.2 Å². The number of hydrogen-bond donors (Lipinski definition) is 2. The van der Waals surface area contributed by atoms with Crippen LogP contribution in [-0.4, -0.2) is 41.6 Å². The lowest BCUT2D eigenvalue weighted by atomic mass is 9.97. The summed E-state index contributed by atoms with van der Waals surface area (Å²) in [5, 5.41) is 15.4. The molecule has 1 fully saturated rings. The van der Waals surface area contributed by atoms with Crippen LogP contribution in [0.4, 0.5) is 17.3 Å². The second kappa shape index (κ2) is 9.33. The summed E-state index contributed by atoms with van der Waals surface area (Å²) in [4.78, 5) is 15.3. The van der Waals surface area contributed by atoms with Crippen molar-refractivity contribution < 1.29 is 0 Å². The fraction of sp³-hybridized carbons (Fsp3) is 0.304. The molecule has 2 aromatic heterocycles. The van der Waals surface area contributed by atoms with E-state index >= 15 is 0 Å². The van der Waals surface area contributed by atoms with E-state index in [1.807, 2.05) is 24.5 Å². The number of nitriles is 1. The van der Waals surface area contributed by atoms with Crippen LogP contribution in [-0.2, 0) is 0 Å². The highest BCUT2D eigenvalue weighted by atomic mass is 15.1. The van der Waals surface area contributed by atoms with Gasteiger partial charge in [-0.15, -0.1) is 0 Å². The molecule has 0 spiro atoms. The Morgan fingerprint density at radius 1 is 1.07 bits per heavy atom. The second-order valence-corrected chi connectivity index (χ2v) is 7.56. The van der Waals surface area contributed by atoms with Gasteiger partial charge in [0.1, 0.15) is 11.8 Å². The number of piperidine rings is 1. The molecule has 3 aromatic rings. The molecule has 1 aliphatic rings. The van der Waals surface area contributed by atoms with E-state index < -0.39 is 0 Å².